The fourth-order valence-electron chi connectivity index (χ4n) is 2.47. The van der Waals surface area contributed by atoms with E-state index in [4.69, 9.17) is 0 Å². The van der Waals surface area contributed by atoms with Crippen molar-refractivity contribution in [2.75, 3.05) is 7.05 Å². The summed E-state index contributed by atoms with van der Waals surface area (Å²) in [6.07, 6.45) is 4.38. The number of fused-ring (bicyclic) bond motifs is 1. The van der Waals surface area contributed by atoms with Crippen LogP contribution in [0.15, 0.2) is 30.0 Å². The van der Waals surface area contributed by atoms with Gasteiger partial charge in [0.2, 0.25) is 0 Å². The van der Waals surface area contributed by atoms with Crippen LogP contribution < -0.4 is 5.32 Å². The van der Waals surface area contributed by atoms with Crippen LogP contribution in [0.1, 0.15) is 37.3 Å². The van der Waals surface area contributed by atoms with Gasteiger partial charge in [-0.2, -0.15) is 5.10 Å². The number of pyridine rings is 1. The second kappa shape index (κ2) is 5.91. The average molecular weight is 301 g/mol. The monoisotopic (exact) mass is 301 g/mol. The minimum atomic E-state index is 0.186. The Balaban J connectivity index is 1.88. The molecule has 1 N–H and O–H groups in total. The highest BCUT2D eigenvalue weighted by molar-refractivity contribution is 7.17. The summed E-state index contributed by atoms with van der Waals surface area (Å²) in [5.74, 6) is 0.996. The van der Waals surface area contributed by atoms with Crippen LogP contribution in [0.25, 0.3) is 10.2 Å². The Morgan fingerprint density at radius 2 is 2.19 bits per heavy atom. The number of thiophene rings is 1. The van der Waals surface area contributed by atoms with Gasteiger partial charge in [0.25, 0.3) is 0 Å². The Labute approximate surface area is 128 Å². The van der Waals surface area contributed by atoms with E-state index in [2.05, 4.69) is 45.7 Å². The van der Waals surface area contributed by atoms with E-state index in [9.17, 15) is 0 Å². The molecule has 0 spiro atoms. The number of nitrogens with zero attached hydrogens (tertiary/aromatic N) is 4. The first-order valence-electron chi connectivity index (χ1n) is 7.08. The van der Waals surface area contributed by atoms with Gasteiger partial charge in [0.05, 0.1) is 10.2 Å². The van der Waals surface area contributed by atoms with Crippen LogP contribution in [-0.2, 0) is 6.42 Å². The lowest BCUT2D eigenvalue weighted by molar-refractivity contribution is 0.477. The highest BCUT2D eigenvalue weighted by Gasteiger charge is 2.16. The van der Waals surface area contributed by atoms with Crippen molar-refractivity contribution in [3.63, 3.8) is 0 Å². The SMILES string of the molecule is CNC(Cc1ncnn1C(C)C)c1cnc2ccsc2c1. The molecular formula is C15H19N5S. The van der Waals surface area contributed by atoms with Gasteiger partial charge in [0.1, 0.15) is 12.2 Å². The van der Waals surface area contributed by atoms with Crippen molar-refractivity contribution in [2.24, 2.45) is 0 Å². The molecule has 6 heteroatoms. The van der Waals surface area contributed by atoms with E-state index < -0.39 is 0 Å². The zero-order valence-corrected chi connectivity index (χ0v) is 13.3. The summed E-state index contributed by atoms with van der Waals surface area (Å²) in [6.45, 7) is 4.23. The fraction of sp³-hybridized carbons (Fsp3) is 0.400. The van der Waals surface area contributed by atoms with Crippen molar-refractivity contribution in [3.8, 4) is 0 Å². The molecule has 0 aliphatic heterocycles. The van der Waals surface area contributed by atoms with Crippen molar-refractivity contribution in [2.45, 2.75) is 32.4 Å². The summed E-state index contributed by atoms with van der Waals surface area (Å²) in [5.41, 5.74) is 2.25. The van der Waals surface area contributed by atoms with Crippen LogP contribution in [0.3, 0.4) is 0 Å². The molecule has 0 aliphatic rings. The Hall–Kier alpha value is -1.79. The maximum Gasteiger partial charge on any atom is 0.138 e. The van der Waals surface area contributed by atoms with E-state index in [1.165, 1.54) is 10.3 Å². The Morgan fingerprint density at radius 1 is 1.33 bits per heavy atom. The lowest BCUT2D eigenvalue weighted by atomic mass is 10.1. The van der Waals surface area contributed by atoms with Crippen LogP contribution in [0, 0.1) is 0 Å². The molecule has 0 aromatic carbocycles. The van der Waals surface area contributed by atoms with E-state index >= 15 is 0 Å². The van der Waals surface area contributed by atoms with Crippen molar-refractivity contribution >= 4 is 21.6 Å². The largest absolute Gasteiger partial charge is 0.313 e. The van der Waals surface area contributed by atoms with Crippen LogP contribution in [0.5, 0.6) is 0 Å². The van der Waals surface area contributed by atoms with E-state index in [1.54, 1.807) is 17.7 Å². The molecule has 3 aromatic rings. The molecule has 3 heterocycles. The summed E-state index contributed by atoms with van der Waals surface area (Å²) in [4.78, 5) is 8.92. The Bertz CT molecular complexity index is 730. The van der Waals surface area contributed by atoms with Gasteiger partial charge in [-0.25, -0.2) is 9.67 Å². The molecule has 1 atom stereocenters. The topological polar surface area (TPSA) is 55.6 Å². The number of rotatable bonds is 5. The average Bonchev–Trinajstić information content (AvgIpc) is 3.12. The first kappa shape index (κ1) is 14.2. The Morgan fingerprint density at radius 3 is 2.95 bits per heavy atom. The summed E-state index contributed by atoms with van der Waals surface area (Å²) >= 11 is 1.72. The van der Waals surface area contributed by atoms with Gasteiger partial charge in [-0.1, -0.05) is 0 Å². The molecule has 0 saturated heterocycles. The van der Waals surface area contributed by atoms with E-state index in [0.717, 1.165) is 17.8 Å². The predicted octanol–water partition coefficient (Wildman–Crippen LogP) is 2.97. The predicted molar refractivity (Wildman–Crippen MR) is 85.5 cm³/mol. The van der Waals surface area contributed by atoms with E-state index in [-0.39, 0.29) is 6.04 Å². The Kier molecular flexibility index (Phi) is 3.98. The molecule has 1 unspecified atom stereocenters. The minimum absolute atomic E-state index is 0.186. The quantitative estimate of drug-likeness (QED) is 0.787. The van der Waals surface area contributed by atoms with Gasteiger partial charge < -0.3 is 5.32 Å². The maximum absolute atomic E-state index is 4.52. The highest BCUT2D eigenvalue weighted by atomic mass is 32.1. The number of aromatic nitrogens is 4. The molecular weight excluding hydrogens is 282 g/mol. The van der Waals surface area contributed by atoms with Crippen LogP contribution in [0.4, 0.5) is 0 Å². The van der Waals surface area contributed by atoms with Crippen LogP contribution >= 0.6 is 11.3 Å². The third-order valence-corrected chi connectivity index (χ3v) is 4.45. The van der Waals surface area contributed by atoms with Crippen LogP contribution in [-0.4, -0.2) is 26.8 Å². The van der Waals surface area contributed by atoms with Crippen LogP contribution in [0.2, 0.25) is 0 Å². The molecule has 21 heavy (non-hydrogen) atoms. The third kappa shape index (κ3) is 2.82. The normalized spacial score (nSPS) is 13.1. The van der Waals surface area contributed by atoms with E-state index in [1.807, 2.05) is 24.0 Å². The molecule has 0 amide bonds. The molecule has 0 radical (unpaired) electrons. The van der Waals surface area contributed by atoms with Gasteiger partial charge in [-0.3, -0.25) is 4.98 Å². The first-order chi connectivity index (χ1) is 10.2. The lowest BCUT2D eigenvalue weighted by Gasteiger charge is -2.17. The third-order valence-electron chi connectivity index (χ3n) is 3.60. The van der Waals surface area contributed by atoms with Crippen molar-refractivity contribution in [1.82, 2.24) is 25.1 Å². The second-order valence-electron chi connectivity index (χ2n) is 5.33. The van der Waals surface area contributed by atoms with Crippen molar-refractivity contribution in [1.29, 1.82) is 0 Å². The van der Waals surface area contributed by atoms with Gasteiger partial charge in [0.15, 0.2) is 0 Å². The number of likely N-dealkylation sites (N-methyl/N-ethyl adjacent to an activating group) is 1. The molecule has 0 bridgehead atoms. The van der Waals surface area contributed by atoms with E-state index in [0.29, 0.717) is 6.04 Å². The van der Waals surface area contributed by atoms with Gasteiger partial charge in [-0.05, 0) is 44.0 Å². The van der Waals surface area contributed by atoms with Gasteiger partial charge >= 0.3 is 0 Å². The maximum atomic E-state index is 4.52. The fourth-order valence-corrected chi connectivity index (χ4v) is 3.26. The zero-order chi connectivity index (χ0) is 14.8. The van der Waals surface area contributed by atoms with Gasteiger partial charge in [-0.15, -0.1) is 11.3 Å². The number of hydrogen-bond donors (Lipinski definition) is 1. The molecule has 0 fully saturated rings. The smallest absolute Gasteiger partial charge is 0.138 e. The lowest BCUT2D eigenvalue weighted by Crippen LogP contribution is -2.21. The first-order valence-corrected chi connectivity index (χ1v) is 7.95. The summed E-state index contributed by atoms with van der Waals surface area (Å²) in [6, 6.07) is 4.77. The molecule has 0 saturated carbocycles. The summed E-state index contributed by atoms with van der Waals surface area (Å²) < 4.78 is 3.19. The number of nitrogens with one attached hydrogen (secondary N) is 1. The molecule has 5 nitrogen and oxygen atoms in total. The highest BCUT2D eigenvalue weighted by Crippen LogP contribution is 2.24. The molecule has 110 valence electrons. The molecule has 0 aliphatic carbocycles. The van der Waals surface area contributed by atoms with Crippen molar-refractivity contribution < 1.29 is 0 Å². The number of hydrogen-bond acceptors (Lipinski definition) is 5. The minimum Gasteiger partial charge on any atom is -0.313 e. The zero-order valence-electron chi connectivity index (χ0n) is 12.4. The summed E-state index contributed by atoms with van der Waals surface area (Å²) in [7, 11) is 1.97. The summed E-state index contributed by atoms with van der Waals surface area (Å²) in [5, 5.41) is 9.74. The van der Waals surface area contributed by atoms with Gasteiger partial charge in [0, 0.05) is 24.7 Å². The molecule has 3 rings (SSSR count). The standard InChI is InChI=1S/C15H19N5S/c1-10(2)20-15(18-9-19-20)7-13(16-3)11-6-14-12(17-8-11)4-5-21-14/h4-6,8-10,13,16H,7H2,1-3H3. The molecule has 3 aromatic heterocycles. The van der Waals surface area contributed by atoms with Crippen molar-refractivity contribution in [3.05, 3.63) is 41.4 Å². The second-order valence-corrected chi connectivity index (χ2v) is 6.28.